The first kappa shape index (κ1) is 79.8. The molecule has 0 atom stereocenters. The number of nitro groups is 2. The van der Waals surface area contributed by atoms with Crippen LogP contribution in [0.5, 0.6) is 0 Å². The van der Waals surface area contributed by atoms with E-state index in [1.165, 1.54) is 74.7 Å². The van der Waals surface area contributed by atoms with E-state index in [0.29, 0.717) is 32.4 Å². The van der Waals surface area contributed by atoms with Crippen LogP contribution in [0.1, 0.15) is 36.0 Å². The Hall–Kier alpha value is -7.87. The van der Waals surface area contributed by atoms with Gasteiger partial charge in [0, 0.05) is 116 Å². The van der Waals surface area contributed by atoms with Gasteiger partial charge in [-0.3, -0.25) is 40.0 Å². The van der Waals surface area contributed by atoms with E-state index in [9.17, 15) is 51.0 Å². The number of ether oxygens (including phenoxy) is 3. The fourth-order valence-electron chi connectivity index (χ4n) is 10.8. The Morgan fingerprint density at radius 2 is 0.882 bits per heavy atom. The van der Waals surface area contributed by atoms with E-state index in [-0.39, 0.29) is 27.7 Å². The minimum absolute atomic E-state index is 0.0307. The number of nitrogens with two attached hydrogens (primary N) is 1. The van der Waals surface area contributed by atoms with E-state index in [4.69, 9.17) is 19.9 Å². The van der Waals surface area contributed by atoms with Crippen LogP contribution in [0.3, 0.4) is 0 Å². The summed E-state index contributed by atoms with van der Waals surface area (Å²) in [5.41, 5.74) is 12.4. The second kappa shape index (κ2) is 39.7. The third-order valence-electron chi connectivity index (χ3n) is 16.2. The number of aromatic nitrogens is 9. The smallest absolute Gasteiger partial charge is 0.271 e. The molecular weight excluding hydrogens is 1610 g/mol. The molecule has 6 fully saturated rings. The van der Waals surface area contributed by atoms with E-state index < -0.39 is 45.6 Å². The van der Waals surface area contributed by atoms with Crippen LogP contribution < -0.4 is 15.5 Å². The van der Waals surface area contributed by atoms with Crippen LogP contribution >= 0.6 is 63.7 Å². The lowest BCUT2D eigenvalue weighted by molar-refractivity contribution is -0.385. The molecule has 102 heavy (non-hydrogen) atoms. The molecule has 9 aromatic rings. The number of rotatable bonds is 9. The summed E-state index contributed by atoms with van der Waals surface area (Å²) >= 11 is 12.3. The van der Waals surface area contributed by atoms with Gasteiger partial charge in [0.05, 0.1) is 67.6 Å². The zero-order chi connectivity index (χ0) is 73.4. The van der Waals surface area contributed by atoms with Crippen LogP contribution in [0.4, 0.5) is 59.2 Å². The zero-order valence-corrected chi connectivity index (χ0v) is 61.9. The van der Waals surface area contributed by atoms with Crippen molar-refractivity contribution in [1.29, 1.82) is 0 Å². The van der Waals surface area contributed by atoms with Gasteiger partial charge in [0.15, 0.2) is 16.4 Å². The number of nitro benzene ring substituents is 2. The number of H-pyrrole nitrogens is 1. The summed E-state index contributed by atoms with van der Waals surface area (Å²) in [4.78, 5) is 43.9. The highest BCUT2D eigenvalue weighted by Crippen LogP contribution is 2.28. The number of non-ortho nitro benzene ring substituents is 2. The van der Waals surface area contributed by atoms with Crippen molar-refractivity contribution in [2.75, 3.05) is 121 Å². The lowest BCUT2D eigenvalue weighted by Crippen LogP contribution is -2.56. The van der Waals surface area contributed by atoms with Crippen molar-refractivity contribution < 1.29 is 54.8 Å². The number of nitrogen functional groups attached to an aromatic ring is 1. The predicted molar refractivity (Wildman–Crippen MR) is 384 cm³/mol. The molecule has 9 heterocycles. The fourth-order valence-corrected chi connectivity index (χ4v) is 12.1. The molecule has 0 unspecified atom stereocenters. The SMILES string of the molecule is Brc1ncn[nH]1.C1CCN(C2COC2)CC1.Cc1cc(Br)cc([N+](=O)[O-])c1.Cc1cc(N)cc(N2CCN(C3COC3)CC2)c1.Cc1cc(N2CCN(C3COC3)CC2)cc([N+](=O)[O-])c1.Fc1ccc(F)c(-n2cnc(Br)n2)c1.Fc1ccc(F)c(-n2cnc(Br)n2)c1.Fc1ccc(F)c(F)c1. The van der Waals surface area contributed by atoms with Crippen molar-refractivity contribution in [3.05, 3.63) is 224 Å². The van der Waals surface area contributed by atoms with Crippen molar-refractivity contribution in [3.8, 4) is 11.4 Å². The van der Waals surface area contributed by atoms with Crippen LogP contribution in [0, 0.1) is 81.7 Å². The summed E-state index contributed by atoms with van der Waals surface area (Å²) in [5.74, 6) is -5.10. The summed E-state index contributed by atoms with van der Waals surface area (Å²) in [6.07, 6.45) is 8.25. The van der Waals surface area contributed by atoms with Crippen molar-refractivity contribution in [2.24, 2.45) is 0 Å². The normalized spacial score (nSPS) is 16.2. The quantitative estimate of drug-likeness (QED) is 0.0447. The molecule has 6 aliphatic rings. The van der Waals surface area contributed by atoms with Gasteiger partial charge in [0.25, 0.3) is 11.4 Å². The molecule has 6 aromatic carbocycles. The lowest BCUT2D eigenvalue weighted by Gasteiger charge is -2.43. The van der Waals surface area contributed by atoms with Gasteiger partial charge < -0.3 is 29.7 Å². The summed E-state index contributed by atoms with van der Waals surface area (Å²) in [6, 6.07) is 26.9. The molecule has 15 rings (SSSR count). The van der Waals surface area contributed by atoms with Crippen molar-refractivity contribution in [3.63, 3.8) is 0 Å². The molecule has 0 spiro atoms. The molecule has 0 aliphatic carbocycles. The predicted octanol–water partition coefficient (Wildman–Crippen LogP) is 13.3. The second-order valence-corrected chi connectivity index (χ2v) is 26.9. The van der Waals surface area contributed by atoms with Crippen LogP contribution in [0.2, 0.25) is 0 Å². The second-order valence-electron chi connectivity index (χ2n) is 23.8. The Morgan fingerprint density at radius 1 is 0.471 bits per heavy atom. The minimum Gasteiger partial charge on any atom is -0.399 e. The van der Waals surface area contributed by atoms with Gasteiger partial charge in [-0.15, -0.1) is 10.2 Å². The molecule has 0 amide bonds. The number of piperidine rings is 1. The number of likely N-dealkylation sites (tertiary alicyclic amines) is 1. The molecular formula is C67H74Br4F7N17O7. The van der Waals surface area contributed by atoms with Crippen LogP contribution in [0.25, 0.3) is 11.4 Å². The fraction of sp³-hybridized carbons (Fsp3) is 0.373. The van der Waals surface area contributed by atoms with E-state index in [1.54, 1.807) is 12.1 Å². The summed E-state index contributed by atoms with van der Waals surface area (Å²) < 4.78 is 108. The van der Waals surface area contributed by atoms with Crippen LogP contribution in [-0.4, -0.2) is 192 Å². The maximum atomic E-state index is 13.2. The zero-order valence-electron chi connectivity index (χ0n) is 55.6. The Kier molecular flexibility index (Phi) is 31.1. The molecule has 0 bridgehead atoms. The number of piperazine rings is 2. The first-order chi connectivity index (χ1) is 48.8. The number of nitrogens with one attached hydrogen (secondary N) is 1. The molecule has 0 radical (unpaired) electrons. The van der Waals surface area contributed by atoms with Gasteiger partial charge in [-0.1, -0.05) is 22.4 Å². The monoisotopic (exact) mass is 1680 g/mol. The summed E-state index contributed by atoms with van der Waals surface area (Å²) in [7, 11) is 0. The highest BCUT2D eigenvalue weighted by molar-refractivity contribution is 9.11. The van der Waals surface area contributed by atoms with Gasteiger partial charge in [-0.2, -0.15) is 5.10 Å². The van der Waals surface area contributed by atoms with Crippen LogP contribution in [-0.2, 0) is 14.2 Å². The molecule has 546 valence electrons. The number of anilines is 3. The lowest BCUT2D eigenvalue weighted by atomic mass is 10.1. The number of aromatic amines is 1. The molecule has 6 aliphatic heterocycles. The average molecular weight is 1680 g/mol. The number of hydrogen-bond acceptors (Lipinski definition) is 19. The van der Waals surface area contributed by atoms with Gasteiger partial charge in [-0.25, -0.2) is 55.0 Å². The first-order valence-corrected chi connectivity index (χ1v) is 35.2. The van der Waals surface area contributed by atoms with Gasteiger partial charge in [0.1, 0.15) is 59.4 Å². The Balaban J connectivity index is 0.000000151. The van der Waals surface area contributed by atoms with Crippen LogP contribution in [0.15, 0.2) is 147 Å². The maximum Gasteiger partial charge on any atom is 0.271 e. The molecule has 24 nitrogen and oxygen atoms in total. The van der Waals surface area contributed by atoms with Gasteiger partial charge in [0.2, 0.25) is 9.47 Å². The summed E-state index contributed by atoms with van der Waals surface area (Å²) in [6.45, 7) is 22.2. The van der Waals surface area contributed by atoms with E-state index in [1.807, 2.05) is 32.0 Å². The molecule has 3 N–H and O–H groups in total. The molecule has 6 saturated heterocycles. The van der Waals surface area contributed by atoms with Crippen molar-refractivity contribution >= 4 is 92.2 Å². The Bertz CT molecular complexity index is 4010. The van der Waals surface area contributed by atoms with E-state index in [0.717, 1.165) is 183 Å². The highest BCUT2D eigenvalue weighted by atomic mass is 79.9. The van der Waals surface area contributed by atoms with Gasteiger partial charge in [-0.05, 0) is 178 Å². The van der Waals surface area contributed by atoms with E-state index >= 15 is 0 Å². The average Bonchev–Trinajstić information content (AvgIpc) is 1.07. The molecule has 35 heteroatoms. The molecule has 0 saturated carbocycles. The third-order valence-corrected chi connectivity index (χ3v) is 17.8. The van der Waals surface area contributed by atoms with Crippen molar-refractivity contribution in [2.45, 2.75) is 58.2 Å². The number of aryl methyl sites for hydroxylation is 3. The number of benzene rings is 6. The topological polar surface area (TPSA) is 259 Å². The minimum atomic E-state index is -1.16. The third kappa shape index (κ3) is 25.2. The standard InChI is InChI=1S/C14H19N3O3.C14H21N3O.2C8H4BrF2N3.C8H15NO.C7H6BrNO2.C6H3F3.C2H2BrN3/c1-11-6-12(8-13(7-11)17(18)19)15-2-4-16(5-3-15)14-9-20-10-14;1-11-6-12(15)8-13(7-11)16-2-4-17(5-3-16)14-9-18-10-14;2*9-8-12-4-14(13-8)7-3-5(10)1-2-6(7)11;1-2-4-9(5-3-1)8-6-10-7-8;1-5-2-6(8)4-7(3-5)9(10)11;7-4-1-2-5(8)6(9)3-4;3-2-4-1-5-6-2/h6-8,14H,2-5,9-10H2,1H3;6-8,14H,2-5,9-10,15H2,1H3;2*1-4H;8H,1-7H2;2-4H,1H3;1-3H;1H,(H,4,5,6). The van der Waals surface area contributed by atoms with E-state index in [2.05, 4.69) is 143 Å². The summed E-state index contributed by atoms with van der Waals surface area (Å²) in [5, 5.41) is 34.9. The largest absolute Gasteiger partial charge is 0.399 e. The number of hydrogen-bond donors (Lipinski definition) is 2. The maximum absolute atomic E-state index is 13.2. The highest BCUT2D eigenvalue weighted by Gasteiger charge is 2.31. The molecule has 3 aromatic heterocycles. The van der Waals surface area contributed by atoms with Gasteiger partial charge >= 0.3 is 0 Å². The Morgan fingerprint density at radius 3 is 1.24 bits per heavy atom. The number of halogens is 11. The Labute approximate surface area is 617 Å². The number of nitrogens with zero attached hydrogens (tertiary/aromatic N) is 15. The van der Waals surface area contributed by atoms with Crippen molar-refractivity contribution in [1.82, 2.24) is 59.4 Å². The first-order valence-electron chi connectivity index (χ1n) is 32.0.